The number of thioether (sulfide) groups is 1. The lowest BCUT2D eigenvalue weighted by Crippen LogP contribution is -2.43. The van der Waals surface area contributed by atoms with Crippen LogP contribution < -0.4 is 5.73 Å². The topological polar surface area (TPSA) is 44.9 Å². The van der Waals surface area contributed by atoms with Gasteiger partial charge in [0.15, 0.2) is 5.96 Å². The molecule has 0 bridgehead atoms. The van der Waals surface area contributed by atoms with Gasteiger partial charge in [-0.15, -0.1) is 0 Å². The molecule has 0 spiro atoms. The van der Waals surface area contributed by atoms with Gasteiger partial charge in [0.25, 0.3) is 0 Å². The highest BCUT2D eigenvalue weighted by Gasteiger charge is 2.34. The van der Waals surface area contributed by atoms with Crippen LogP contribution in [-0.4, -0.2) is 72.7 Å². The lowest BCUT2D eigenvalue weighted by Gasteiger charge is -2.27. The zero-order valence-electron chi connectivity index (χ0n) is 11.4. The van der Waals surface area contributed by atoms with Gasteiger partial charge in [0.05, 0.1) is 6.54 Å². The lowest BCUT2D eigenvalue weighted by molar-refractivity contribution is -0.143. The van der Waals surface area contributed by atoms with Crippen molar-refractivity contribution in [2.24, 2.45) is 16.6 Å². The minimum Gasteiger partial charge on any atom is -0.370 e. The lowest BCUT2D eigenvalue weighted by atomic mass is 10.1. The molecule has 2 saturated heterocycles. The molecule has 0 amide bonds. The van der Waals surface area contributed by atoms with E-state index < -0.39 is 12.7 Å². The van der Waals surface area contributed by atoms with E-state index in [9.17, 15) is 13.2 Å². The van der Waals surface area contributed by atoms with Gasteiger partial charge >= 0.3 is 6.18 Å². The average Bonchev–Trinajstić information content (AvgIpc) is 2.82. The number of alkyl halides is 3. The van der Waals surface area contributed by atoms with Gasteiger partial charge in [0.2, 0.25) is 0 Å². The van der Waals surface area contributed by atoms with Crippen molar-refractivity contribution in [3.8, 4) is 0 Å². The summed E-state index contributed by atoms with van der Waals surface area (Å²) in [4.78, 5) is 7.87. The number of hydrogen-bond donors (Lipinski definition) is 1. The largest absolute Gasteiger partial charge is 0.401 e. The first-order chi connectivity index (χ1) is 9.44. The van der Waals surface area contributed by atoms with E-state index in [4.69, 9.17) is 5.73 Å². The molecule has 0 saturated carbocycles. The van der Waals surface area contributed by atoms with Crippen molar-refractivity contribution in [1.29, 1.82) is 0 Å². The maximum absolute atomic E-state index is 12.3. The second-order valence-electron chi connectivity index (χ2n) is 5.30. The zero-order valence-corrected chi connectivity index (χ0v) is 12.2. The summed E-state index contributed by atoms with van der Waals surface area (Å²) in [5, 5.41) is 0. The standard InChI is InChI=1S/C12H21F3N4S/c13-12(14,15)9-18-2-1-10(8-18)7-17-11(16)19-3-5-20-6-4-19/h10H,1-9H2,(H2,16,17). The minimum atomic E-state index is -4.11. The number of hydrogen-bond acceptors (Lipinski definition) is 3. The summed E-state index contributed by atoms with van der Waals surface area (Å²) in [7, 11) is 0. The van der Waals surface area contributed by atoms with Crippen molar-refractivity contribution >= 4 is 17.7 Å². The number of guanidine groups is 1. The third-order valence-corrected chi connectivity index (χ3v) is 4.56. The van der Waals surface area contributed by atoms with Crippen LogP contribution in [0.15, 0.2) is 4.99 Å². The zero-order chi connectivity index (χ0) is 14.6. The minimum absolute atomic E-state index is 0.190. The third-order valence-electron chi connectivity index (χ3n) is 3.62. The van der Waals surface area contributed by atoms with E-state index in [1.54, 1.807) is 0 Å². The average molecular weight is 310 g/mol. The maximum atomic E-state index is 12.3. The van der Waals surface area contributed by atoms with Crippen molar-refractivity contribution in [3.63, 3.8) is 0 Å². The van der Waals surface area contributed by atoms with E-state index in [0.717, 1.165) is 31.0 Å². The number of aliphatic imine (C=N–C) groups is 1. The fourth-order valence-corrected chi connectivity index (χ4v) is 3.48. The molecule has 2 N–H and O–H groups in total. The quantitative estimate of drug-likeness (QED) is 0.629. The monoisotopic (exact) mass is 310 g/mol. The molecule has 0 aromatic heterocycles. The van der Waals surface area contributed by atoms with Crippen LogP contribution in [0.3, 0.4) is 0 Å². The molecule has 0 aromatic carbocycles. The maximum Gasteiger partial charge on any atom is 0.401 e. The van der Waals surface area contributed by atoms with Gasteiger partial charge in [-0.05, 0) is 18.9 Å². The molecule has 1 unspecified atom stereocenters. The van der Waals surface area contributed by atoms with Gasteiger partial charge in [-0.3, -0.25) is 9.89 Å². The van der Waals surface area contributed by atoms with Crippen LogP contribution in [0, 0.1) is 5.92 Å². The summed E-state index contributed by atoms with van der Waals surface area (Å²) in [6.45, 7) is 2.50. The molecular weight excluding hydrogens is 289 g/mol. The van der Waals surface area contributed by atoms with Crippen molar-refractivity contribution in [1.82, 2.24) is 9.80 Å². The van der Waals surface area contributed by atoms with Crippen molar-refractivity contribution in [2.75, 3.05) is 50.8 Å². The second kappa shape index (κ2) is 6.89. The Hall–Kier alpha value is -0.630. The van der Waals surface area contributed by atoms with Crippen molar-refractivity contribution in [2.45, 2.75) is 12.6 Å². The first kappa shape index (κ1) is 15.8. The molecule has 20 heavy (non-hydrogen) atoms. The molecule has 4 nitrogen and oxygen atoms in total. The Morgan fingerprint density at radius 1 is 1.25 bits per heavy atom. The van der Waals surface area contributed by atoms with E-state index in [0.29, 0.717) is 25.6 Å². The predicted octanol–water partition coefficient (Wildman–Crippen LogP) is 1.23. The molecule has 0 aliphatic carbocycles. The van der Waals surface area contributed by atoms with Gasteiger partial charge in [-0.1, -0.05) is 0 Å². The fraction of sp³-hybridized carbons (Fsp3) is 0.917. The van der Waals surface area contributed by atoms with E-state index in [1.165, 1.54) is 4.90 Å². The highest BCUT2D eigenvalue weighted by atomic mass is 32.2. The summed E-state index contributed by atoms with van der Waals surface area (Å²) in [6.07, 6.45) is -3.34. The molecule has 1 atom stereocenters. The van der Waals surface area contributed by atoms with Crippen LogP contribution >= 0.6 is 11.8 Å². The van der Waals surface area contributed by atoms with E-state index >= 15 is 0 Å². The Morgan fingerprint density at radius 2 is 1.95 bits per heavy atom. The Balaban J connectivity index is 1.74. The molecule has 8 heteroatoms. The summed E-state index contributed by atoms with van der Waals surface area (Å²) in [5.41, 5.74) is 5.94. The first-order valence-electron chi connectivity index (χ1n) is 6.86. The molecule has 2 aliphatic rings. The van der Waals surface area contributed by atoms with Crippen LogP contribution in [0.4, 0.5) is 13.2 Å². The van der Waals surface area contributed by atoms with Crippen LogP contribution in [0.5, 0.6) is 0 Å². The first-order valence-corrected chi connectivity index (χ1v) is 8.01. The van der Waals surface area contributed by atoms with E-state index in [2.05, 4.69) is 9.89 Å². The van der Waals surface area contributed by atoms with E-state index in [-0.39, 0.29) is 5.92 Å². The molecule has 0 aromatic rings. The van der Waals surface area contributed by atoms with Crippen LogP contribution in [0.25, 0.3) is 0 Å². The third kappa shape index (κ3) is 5.05. The van der Waals surface area contributed by atoms with Gasteiger partial charge in [0, 0.05) is 37.7 Å². The summed E-state index contributed by atoms with van der Waals surface area (Å²) < 4.78 is 36.9. The highest BCUT2D eigenvalue weighted by Crippen LogP contribution is 2.22. The molecule has 2 fully saturated rings. The fourth-order valence-electron chi connectivity index (χ4n) is 2.57. The summed E-state index contributed by atoms with van der Waals surface area (Å²) in [5.74, 6) is 2.84. The number of halogens is 3. The summed E-state index contributed by atoms with van der Waals surface area (Å²) >= 11 is 1.90. The van der Waals surface area contributed by atoms with Crippen LogP contribution in [0.2, 0.25) is 0 Å². The molecule has 0 radical (unpaired) electrons. The SMILES string of the molecule is NC(=NCC1CCN(CC(F)(F)F)C1)N1CCSCC1. The second-order valence-corrected chi connectivity index (χ2v) is 6.53. The van der Waals surface area contributed by atoms with Crippen LogP contribution in [-0.2, 0) is 0 Å². The van der Waals surface area contributed by atoms with Gasteiger partial charge < -0.3 is 10.6 Å². The Bertz CT molecular complexity index is 342. The number of likely N-dealkylation sites (tertiary alicyclic amines) is 1. The smallest absolute Gasteiger partial charge is 0.370 e. The highest BCUT2D eigenvalue weighted by molar-refractivity contribution is 7.99. The van der Waals surface area contributed by atoms with Crippen molar-refractivity contribution in [3.05, 3.63) is 0 Å². The normalized spacial score (nSPS) is 26.2. The predicted molar refractivity (Wildman–Crippen MR) is 76.0 cm³/mol. The van der Waals surface area contributed by atoms with Gasteiger partial charge in [-0.2, -0.15) is 24.9 Å². The number of rotatable bonds is 3. The van der Waals surface area contributed by atoms with Gasteiger partial charge in [-0.25, -0.2) is 0 Å². The Morgan fingerprint density at radius 3 is 2.60 bits per heavy atom. The Labute approximate surface area is 121 Å². The van der Waals surface area contributed by atoms with Gasteiger partial charge in [0.1, 0.15) is 0 Å². The molecular formula is C12H21F3N4S. The molecule has 2 rings (SSSR count). The Kier molecular flexibility index (Phi) is 5.42. The van der Waals surface area contributed by atoms with E-state index in [1.807, 2.05) is 11.8 Å². The molecule has 116 valence electrons. The van der Waals surface area contributed by atoms with Crippen molar-refractivity contribution < 1.29 is 13.2 Å². The molecule has 2 aliphatic heterocycles. The summed E-state index contributed by atoms with van der Waals surface area (Å²) in [6, 6.07) is 0. The molecule has 2 heterocycles. The number of nitrogens with zero attached hydrogens (tertiary/aromatic N) is 3. The number of nitrogens with two attached hydrogens (primary N) is 1. The van der Waals surface area contributed by atoms with Crippen LogP contribution in [0.1, 0.15) is 6.42 Å².